The van der Waals surface area contributed by atoms with E-state index in [0.29, 0.717) is 5.92 Å². The highest BCUT2D eigenvalue weighted by Gasteiger charge is 2.49. The van der Waals surface area contributed by atoms with Crippen molar-refractivity contribution in [3.05, 3.63) is 72.8 Å². The largest absolute Gasteiger partial charge is 0.407 e. The lowest BCUT2D eigenvalue weighted by Gasteiger charge is -2.43. The number of hydrogen-bond acceptors (Lipinski definition) is 1. The first-order valence-corrected chi connectivity index (χ1v) is 12.6. The highest BCUT2D eigenvalue weighted by atomic mass is 28.4. The molecule has 2 rings (SSSR count). The van der Waals surface area contributed by atoms with Gasteiger partial charge in [0, 0.05) is 6.61 Å². The Balaban J connectivity index is 2.26. The van der Waals surface area contributed by atoms with Crippen molar-refractivity contribution >= 4 is 18.7 Å². The molecule has 2 aromatic carbocycles. The second-order valence-electron chi connectivity index (χ2n) is 9.34. The Kier molecular flexibility index (Phi) is 8.27. The van der Waals surface area contributed by atoms with Crippen LogP contribution in [0.2, 0.25) is 5.04 Å². The molecule has 152 valence electrons. The third-order valence-electron chi connectivity index (χ3n) is 5.33. The summed E-state index contributed by atoms with van der Waals surface area (Å²) < 4.78 is 6.92. The van der Waals surface area contributed by atoms with E-state index in [1.54, 1.807) is 0 Å². The van der Waals surface area contributed by atoms with E-state index in [1.165, 1.54) is 16.8 Å². The van der Waals surface area contributed by atoms with Gasteiger partial charge in [-0.25, -0.2) is 0 Å². The Morgan fingerprint density at radius 2 is 1.36 bits per heavy atom. The van der Waals surface area contributed by atoms with Crippen LogP contribution < -0.4 is 10.4 Å². The maximum atomic E-state index is 6.92. The Bertz CT molecular complexity index is 674. The van der Waals surface area contributed by atoms with Gasteiger partial charge in [0.25, 0.3) is 8.32 Å². The molecule has 0 aliphatic rings. The molecule has 2 aromatic rings. The Morgan fingerprint density at radius 3 is 1.79 bits per heavy atom. The lowest BCUT2D eigenvalue weighted by Crippen LogP contribution is -2.66. The van der Waals surface area contributed by atoms with Crippen LogP contribution in [0.3, 0.4) is 0 Å². The zero-order valence-electron chi connectivity index (χ0n) is 18.6. The maximum Gasteiger partial charge on any atom is 0.261 e. The summed E-state index contributed by atoms with van der Waals surface area (Å²) in [5.74, 6) is 1.38. The fourth-order valence-corrected chi connectivity index (χ4v) is 8.77. The molecule has 0 fully saturated rings. The molecule has 0 spiro atoms. The SMILES string of the molecule is CC(C)C[C@H](C)/C=C/CCO[Si](c1ccccc1)(c1ccccc1)C(C)(C)C. The minimum absolute atomic E-state index is 0.0460. The van der Waals surface area contributed by atoms with Gasteiger partial charge >= 0.3 is 0 Å². The van der Waals surface area contributed by atoms with Crippen LogP contribution in [0, 0.1) is 11.8 Å². The third-order valence-corrected chi connectivity index (χ3v) is 10.4. The first-order chi connectivity index (χ1) is 13.3. The molecule has 2 heteroatoms. The van der Waals surface area contributed by atoms with Crippen molar-refractivity contribution in [1.29, 1.82) is 0 Å². The van der Waals surface area contributed by atoms with Gasteiger partial charge in [0.1, 0.15) is 0 Å². The first kappa shape index (κ1) is 22.6. The minimum atomic E-state index is -2.39. The lowest BCUT2D eigenvalue weighted by molar-refractivity contribution is 0.304. The van der Waals surface area contributed by atoms with E-state index in [2.05, 4.69) is 114 Å². The fraction of sp³-hybridized carbons (Fsp3) is 0.462. The smallest absolute Gasteiger partial charge is 0.261 e. The third kappa shape index (κ3) is 5.68. The number of benzene rings is 2. The molecule has 1 nitrogen and oxygen atoms in total. The molecule has 0 aliphatic carbocycles. The molecule has 0 aliphatic heterocycles. The molecule has 0 bridgehead atoms. The Labute approximate surface area is 174 Å². The fourth-order valence-electron chi connectivity index (χ4n) is 4.19. The number of rotatable bonds is 9. The first-order valence-electron chi connectivity index (χ1n) is 10.7. The van der Waals surface area contributed by atoms with Gasteiger partial charge in [0.05, 0.1) is 0 Å². The van der Waals surface area contributed by atoms with Crippen LogP contribution in [0.5, 0.6) is 0 Å². The summed E-state index contributed by atoms with van der Waals surface area (Å²) in [6, 6.07) is 21.8. The summed E-state index contributed by atoms with van der Waals surface area (Å²) in [5, 5.41) is 2.75. The molecule has 0 radical (unpaired) electrons. The summed E-state index contributed by atoms with van der Waals surface area (Å²) in [5.41, 5.74) is 0. The van der Waals surface area contributed by atoms with Crippen LogP contribution in [0.25, 0.3) is 0 Å². The molecule has 0 amide bonds. The highest BCUT2D eigenvalue weighted by molar-refractivity contribution is 6.99. The molecule has 0 N–H and O–H groups in total. The van der Waals surface area contributed by atoms with Crippen molar-refractivity contribution in [3.8, 4) is 0 Å². The molecule has 0 aromatic heterocycles. The predicted molar refractivity (Wildman–Crippen MR) is 126 cm³/mol. The van der Waals surface area contributed by atoms with Crippen LogP contribution in [-0.4, -0.2) is 14.9 Å². The normalized spacial score (nSPS) is 14.0. The number of allylic oxidation sites excluding steroid dienone is 1. The molecule has 0 heterocycles. The van der Waals surface area contributed by atoms with Crippen molar-refractivity contribution in [3.63, 3.8) is 0 Å². The lowest BCUT2D eigenvalue weighted by atomic mass is 9.98. The van der Waals surface area contributed by atoms with Gasteiger partial charge in [-0.05, 0) is 40.1 Å². The summed E-state index contributed by atoms with van der Waals surface area (Å²) in [7, 11) is -2.39. The zero-order chi connectivity index (χ0) is 20.6. The maximum absolute atomic E-state index is 6.92. The van der Waals surface area contributed by atoms with Gasteiger partial charge in [-0.15, -0.1) is 0 Å². The van der Waals surface area contributed by atoms with Gasteiger partial charge < -0.3 is 4.43 Å². The van der Waals surface area contributed by atoms with E-state index in [-0.39, 0.29) is 5.04 Å². The molecule has 1 atom stereocenters. The Morgan fingerprint density at radius 1 is 0.857 bits per heavy atom. The van der Waals surface area contributed by atoms with Crippen molar-refractivity contribution in [2.24, 2.45) is 11.8 Å². The van der Waals surface area contributed by atoms with Crippen molar-refractivity contribution < 1.29 is 4.43 Å². The van der Waals surface area contributed by atoms with E-state index < -0.39 is 8.32 Å². The average Bonchev–Trinajstić information content (AvgIpc) is 2.64. The van der Waals surface area contributed by atoms with Gasteiger partial charge in [-0.2, -0.15) is 0 Å². The van der Waals surface area contributed by atoms with E-state index in [1.807, 2.05) is 0 Å². The molecule has 0 unspecified atom stereocenters. The van der Waals surface area contributed by atoms with E-state index >= 15 is 0 Å². The van der Waals surface area contributed by atoms with E-state index in [4.69, 9.17) is 4.43 Å². The summed E-state index contributed by atoms with van der Waals surface area (Å²) in [6.07, 6.45) is 6.87. The van der Waals surface area contributed by atoms with Crippen molar-refractivity contribution in [2.75, 3.05) is 6.61 Å². The predicted octanol–water partition coefficient (Wildman–Crippen LogP) is 6.19. The van der Waals surface area contributed by atoms with Crippen LogP contribution in [0.4, 0.5) is 0 Å². The van der Waals surface area contributed by atoms with E-state index in [0.717, 1.165) is 18.9 Å². The van der Waals surface area contributed by atoms with Gasteiger partial charge in [-0.3, -0.25) is 0 Å². The van der Waals surface area contributed by atoms with Crippen molar-refractivity contribution in [1.82, 2.24) is 0 Å². The topological polar surface area (TPSA) is 9.23 Å². The van der Waals surface area contributed by atoms with Gasteiger partial charge in [0.15, 0.2) is 0 Å². The van der Waals surface area contributed by atoms with Gasteiger partial charge in [0.2, 0.25) is 0 Å². The quantitative estimate of drug-likeness (QED) is 0.280. The zero-order valence-corrected chi connectivity index (χ0v) is 19.6. The van der Waals surface area contributed by atoms with Crippen LogP contribution in [0.1, 0.15) is 54.4 Å². The standard InChI is InChI=1S/C26H38OSi/c1-22(2)21-23(3)15-13-14-20-27-28(26(4,5)6,24-16-9-7-10-17-24)25-18-11-8-12-19-25/h7-13,15-19,22-23H,14,20-21H2,1-6H3/b15-13+/t23-/m1/s1. The second-order valence-corrected chi connectivity index (χ2v) is 13.6. The Hall–Kier alpha value is -1.64. The number of hydrogen-bond donors (Lipinski definition) is 0. The molecule has 0 saturated carbocycles. The van der Waals surface area contributed by atoms with Crippen LogP contribution >= 0.6 is 0 Å². The summed E-state index contributed by atoms with van der Waals surface area (Å²) >= 11 is 0. The van der Waals surface area contributed by atoms with Gasteiger partial charge in [-0.1, -0.05) is 114 Å². The molecular formula is C26H38OSi. The van der Waals surface area contributed by atoms with Crippen molar-refractivity contribution in [2.45, 2.75) is 59.4 Å². The summed E-state index contributed by atoms with van der Waals surface area (Å²) in [6.45, 7) is 14.6. The highest BCUT2D eigenvalue weighted by Crippen LogP contribution is 2.36. The monoisotopic (exact) mass is 394 g/mol. The minimum Gasteiger partial charge on any atom is -0.407 e. The van der Waals surface area contributed by atoms with Crippen LogP contribution in [-0.2, 0) is 4.43 Å². The molecule has 28 heavy (non-hydrogen) atoms. The van der Waals surface area contributed by atoms with Crippen LogP contribution in [0.15, 0.2) is 72.8 Å². The van der Waals surface area contributed by atoms with E-state index in [9.17, 15) is 0 Å². The average molecular weight is 395 g/mol. The summed E-state index contributed by atoms with van der Waals surface area (Å²) in [4.78, 5) is 0. The molecular weight excluding hydrogens is 356 g/mol. The molecule has 0 saturated heterocycles. The second kappa shape index (κ2) is 10.2.